The maximum atomic E-state index is 12.4. The van der Waals surface area contributed by atoms with E-state index in [0.29, 0.717) is 16.1 Å². The summed E-state index contributed by atoms with van der Waals surface area (Å²) in [6, 6.07) is 18.9. The third-order valence-electron chi connectivity index (χ3n) is 5.05. The number of H-pyrrole nitrogens is 1. The lowest BCUT2D eigenvalue weighted by molar-refractivity contribution is 0.313. The number of nitrogens with zero attached hydrogens (tertiary/aromatic N) is 2. The van der Waals surface area contributed by atoms with E-state index in [1.807, 2.05) is 54.6 Å². The van der Waals surface area contributed by atoms with Gasteiger partial charge >= 0.3 is 0 Å². The lowest BCUT2D eigenvalue weighted by Gasteiger charge is -2.33. The van der Waals surface area contributed by atoms with Crippen LogP contribution in [0.4, 0.5) is 5.69 Å². The van der Waals surface area contributed by atoms with Crippen LogP contribution in [0.25, 0.3) is 5.69 Å². The third kappa shape index (κ3) is 4.13. The molecule has 2 N–H and O–H groups in total. The molecule has 4 rings (SSSR count). The molecule has 28 heavy (non-hydrogen) atoms. The summed E-state index contributed by atoms with van der Waals surface area (Å²) < 4.78 is 1.60. The summed E-state index contributed by atoms with van der Waals surface area (Å²) in [5.74, 6) is 0.322. The topological polar surface area (TPSA) is 53.1 Å². The molecule has 0 unspecified atom stereocenters. The molecule has 0 saturated carbocycles. The number of aromatic nitrogens is 2. The van der Waals surface area contributed by atoms with Crippen molar-refractivity contribution in [3.8, 4) is 5.69 Å². The van der Waals surface area contributed by atoms with Gasteiger partial charge in [0.2, 0.25) is 0 Å². The minimum atomic E-state index is -0.0261. The summed E-state index contributed by atoms with van der Waals surface area (Å²) in [7, 11) is 0. The average Bonchev–Trinajstić information content (AvgIpc) is 3.10. The molecule has 3 aromatic rings. The molecule has 0 spiro atoms. The van der Waals surface area contributed by atoms with Gasteiger partial charge < -0.3 is 10.2 Å². The number of hydrogen-bond acceptors (Lipinski definition) is 2. The number of hydrogen-bond donors (Lipinski definition) is 2. The van der Waals surface area contributed by atoms with E-state index in [-0.39, 0.29) is 5.56 Å². The first-order chi connectivity index (χ1) is 13.6. The van der Waals surface area contributed by atoms with E-state index in [2.05, 4.69) is 15.3 Å². The Morgan fingerprint density at radius 1 is 1.07 bits per heavy atom. The number of aromatic amines is 1. The molecule has 144 valence electrons. The molecule has 1 aromatic heterocycles. The summed E-state index contributed by atoms with van der Waals surface area (Å²) in [4.78, 5) is 14.5. The minimum Gasteiger partial charge on any atom is -0.349 e. The molecule has 0 amide bonds. The van der Waals surface area contributed by atoms with Crippen LogP contribution in [0, 0.1) is 0 Å². The van der Waals surface area contributed by atoms with Crippen LogP contribution in [0.2, 0.25) is 5.02 Å². The molecule has 1 aliphatic heterocycles. The minimum absolute atomic E-state index is 0.0261. The van der Waals surface area contributed by atoms with E-state index >= 15 is 0 Å². The van der Waals surface area contributed by atoms with Gasteiger partial charge in [0.05, 0.1) is 5.69 Å². The number of thiocarbonyl (C=S) groups is 1. The quantitative estimate of drug-likeness (QED) is 0.626. The van der Waals surface area contributed by atoms with Crippen molar-refractivity contribution in [1.82, 2.24) is 14.7 Å². The normalized spacial score (nSPS) is 14.8. The summed E-state index contributed by atoms with van der Waals surface area (Å²) in [5, 5.41) is 7.92. The van der Waals surface area contributed by atoms with Gasteiger partial charge in [0.15, 0.2) is 5.11 Å². The number of piperidine rings is 1. The van der Waals surface area contributed by atoms with Gasteiger partial charge in [-0.05, 0) is 55.4 Å². The first-order valence-corrected chi connectivity index (χ1v) is 10.1. The van der Waals surface area contributed by atoms with Crippen molar-refractivity contribution < 1.29 is 0 Å². The maximum Gasteiger partial charge on any atom is 0.271 e. The van der Waals surface area contributed by atoms with Crippen molar-refractivity contribution >= 4 is 34.6 Å². The van der Waals surface area contributed by atoms with Gasteiger partial charge in [-0.15, -0.1) is 0 Å². The molecule has 1 saturated heterocycles. The van der Waals surface area contributed by atoms with Crippen molar-refractivity contribution in [1.29, 1.82) is 0 Å². The molecular formula is C21H21ClN4OS. The van der Waals surface area contributed by atoms with Crippen molar-refractivity contribution in [2.45, 2.75) is 18.8 Å². The first kappa shape index (κ1) is 18.8. The second-order valence-corrected chi connectivity index (χ2v) is 7.75. The molecule has 0 radical (unpaired) electrons. The summed E-state index contributed by atoms with van der Waals surface area (Å²) >= 11 is 11.6. The molecule has 2 heterocycles. The Morgan fingerprint density at radius 2 is 1.82 bits per heavy atom. The van der Waals surface area contributed by atoms with Gasteiger partial charge in [-0.25, -0.2) is 4.68 Å². The fourth-order valence-corrected chi connectivity index (χ4v) is 4.05. The molecular weight excluding hydrogens is 392 g/mol. The Labute approximate surface area is 173 Å². The van der Waals surface area contributed by atoms with E-state index in [1.54, 1.807) is 10.7 Å². The lowest BCUT2D eigenvalue weighted by atomic mass is 9.94. The Hall–Kier alpha value is -2.57. The highest BCUT2D eigenvalue weighted by Crippen LogP contribution is 2.27. The molecule has 7 heteroatoms. The second kappa shape index (κ2) is 8.20. The highest BCUT2D eigenvalue weighted by Gasteiger charge is 2.24. The first-order valence-electron chi connectivity index (χ1n) is 9.29. The SMILES string of the molecule is O=c1cc(C2CCN(C(=S)Nc3cccc(Cl)c3)CC2)[nH]n1-c1ccccc1. The van der Waals surface area contributed by atoms with Crippen LogP contribution in [0.1, 0.15) is 24.5 Å². The Morgan fingerprint density at radius 3 is 2.54 bits per heavy atom. The van der Waals surface area contributed by atoms with Crippen molar-refractivity contribution in [2.75, 3.05) is 18.4 Å². The predicted octanol–water partition coefficient (Wildman–Crippen LogP) is 4.40. The smallest absolute Gasteiger partial charge is 0.271 e. The number of nitrogens with one attached hydrogen (secondary N) is 2. The van der Waals surface area contributed by atoms with Crippen LogP contribution < -0.4 is 10.9 Å². The van der Waals surface area contributed by atoms with Crippen molar-refractivity contribution in [3.05, 3.63) is 81.7 Å². The van der Waals surface area contributed by atoms with E-state index in [0.717, 1.165) is 43.0 Å². The van der Waals surface area contributed by atoms with Gasteiger partial charge in [0.1, 0.15) is 0 Å². The summed E-state index contributed by atoms with van der Waals surface area (Å²) in [6.07, 6.45) is 1.87. The van der Waals surface area contributed by atoms with Crippen LogP contribution in [-0.4, -0.2) is 32.9 Å². The van der Waals surface area contributed by atoms with Crippen molar-refractivity contribution in [2.24, 2.45) is 0 Å². The maximum absolute atomic E-state index is 12.4. The zero-order valence-electron chi connectivity index (χ0n) is 15.3. The van der Waals surface area contributed by atoms with E-state index in [9.17, 15) is 4.79 Å². The van der Waals surface area contributed by atoms with Crippen LogP contribution >= 0.6 is 23.8 Å². The zero-order chi connectivity index (χ0) is 19.5. The summed E-state index contributed by atoms with van der Waals surface area (Å²) in [5.41, 5.74) is 2.70. The third-order valence-corrected chi connectivity index (χ3v) is 5.65. The van der Waals surface area contributed by atoms with Crippen LogP contribution in [0.3, 0.4) is 0 Å². The summed E-state index contributed by atoms with van der Waals surface area (Å²) in [6.45, 7) is 1.69. The molecule has 0 bridgehead atoms. The zero-order valence-corrected chi connectivity index (χ0v) is 16.8. The monoisotopic (exact) mass is 412 g/mol. The Bertz CT molecular complexity index is 1020. The lowest BCUT2D eigenvalue weighted by Crippen LogP contribution is -2.40. The largest absolute Gasteiger partial charge is 0.349 e. The number of anilines is 1. The van der Waals surface area contributed by atoms with Gasteiger partial charge in [0, 0.05) is 41.5 Å². The van der Waals surface area contributed by atoms with E-state index in [1.165, 1.54) is 0 Å². The molecule has 0 aliphatic carbocycles. The fraction of sp³-hybridized carbons (Fsp3) is 0.238. The number of para-hydroxylation sites is 1. The number of halogens is 1. The van der Waals surface area contributed by atoms with Crippen LogP contribution in [0.5, 0.6) is 0 Å². The second-order valence-electron chi connectivity index (χ2n) is 6.92. The average molecular weight is 413 g/mol. The fourth-order valence-electron chi connectivity index (χ4n) is 3.55. The standard InChI is InChI=1S/C21H21ClN4OS/c22-16-5-4-6-17(13-16)23-21(28)25-11-9-15(10-12-25)19-14-20(27)26(24-19)18-7-2-1-3-8-18/h1-8,13-15,24H,9-12H2,(H,23,28). The number of rotatable bonds is 3. The highest BCUT2D eigenvalue weighted by molar-refractivity contribution is 7.80. The highest BCUT2D eigenvalue weighted by atomic mass is 35.5. The van der Waals surface area contributed by atoms with Gasteiger partial charge in [0.25, 0.3) is 5.56 Å². The van der Waals surface area contributed by atoms with Crippen LogP contribution in [0.15, 0.2) is 65.5 Å². The van der Waals surface area contributed by atoms with E-state index < -0.39 is 0 Å². The van der Waals surface area contributed by atoms with Gasteiger partial charge in [-0.1, -0.05) is 35.9 Å². The molecule has 2 aromatic carbocycles. The Kier molecular flexibility index (Phi) is 5.50. The molecule has 1 aliphatic rings. The van der Waals surface area contributed by atoms with E-state index in [4.69, 9.17) is 23.8 Å². The number of benzene rings is 2. The van der Waals surface area contributed by atoms with Gasteiger partial charge in [-0.2, -0.15) is 0 Å². The van der Waals surface area contributed by atoms with Crippen molar-refractivity contribution in [3.63, 3.8) is 0 Å². The number of likely N-dealkylation sites (tertiary alicyclic amines) is 1. The predicted molar refractivity (Wildman–Crippen MR) is 118 cm³/mol. The van der Waals surface area contributed by atoms with Gasteiger partial charge in [-0.3, -0.25) is 9.89 Å². The Balaban J connectivity index is 1.39. The molecule has 0 atom stereocenters. The molecule has 1 fully saturated rings. The molecule has 5 nitrogen and oxygen atoms in total. The van der Waals surface area contributed by atoms with Crippen LogP contribution in [-0.2, 0) is 0 Å².